The SMILES string of the molecule is CCCCCCN(C)C(=O)c1cc([N+](=O)[O-])c(NCCO[Si](C)(C)C(C)(C)C)cc1F. The normalized spacial score (nSPS) is 12.0. The van der Waals surface area contributed by atoms with Crippen LogP contribution in [0.3, 0.4) is 0 Å². The molecule has 1 N–H and O–H groups in total. The number of rotatable bonds is 12. The molecular weight excluding hydrogens is 417 g/mol. The van der Waals surface area contributed by atoms with E-state index in [9.17, 15) is 19.3 Å². The molecule has 0 atom stereocenters. The zero-order valence-electron chi connectivity index (χ0n) is 20.0. The Hall–Kier alpha value is -2.00. The van der Waals surface area contributed by atoms with Gasteiger partial charge in [0, 0.05) is 32.3 Å². The second kappa shape index (κ2) is 11.6. The lowest BCUT2D eigenvalue weighted by Crippen LogP contribution is -2.41. The molecule has 0 aliphatic rings. The summed E-state index contributed by atoms with van der Waals surface area (Å²) >= 11 is 0. The first-order chi connectivity index (χ1) is 14.3. The van der Waals surface area contributed by atoms with Crippen LogP contribution >= 0.6 is 0 Å². The fraction of sp³-hybridized carbons (Fsp3) is 0.682. The van der Waals surface area contributed by atoms with Gasteiger partial charge in [-0.3, -0.25) is 14.9 Å². The summed E-state index contributed by atoms with van der Waals surface area (Å²) in [6, 6.07) is 2.06. The third kappa shape index (κ3) is 7.88. The van der Waals surface area contributed by atoms with Crippen LogP contribution in [0.4, 0.5) is 15.8 Å². The Labute approximate surface area is 186 Å². The summed E-state index contributed by atoms with van der Waals surface area (Å²) in [6.07, 6.45) is 3.94. The van der Waals surface area contributed by atoms with E-state index in [1.54, 1.807) is 7.05 Å². The van der Waals surface area contributed by atoms with Crippen molar-refractivity contribution in [2.24, 2.45) is 0 Å². The molecule has 0 heterocycles. The van der Waals surface area contributed by atoms with Crippen molar-refractivity contribution in [3.8, 4) is 0 Å². The number of nitro benzene ring substituents is 1. The van der Waals surface area contributed by atoms with Crippen LogP contribution in [-0.4, -0.2) is 50.8 Å². The lowest BCUT2D eigenvalue weighted by molar-refractivity contribution is -0.384. The topological polar surface area (TPSA) is 84.7 Å². The third-order valence-corrected chi connectivity index (χ3v) is 10.4. The maximum Gasteiger partial charge on any atom is 0.293 e. The number of amides is 1. The standard InChI is InChI=1S/C22H38FN3O4Si/c1-8-9-10-11-13-25(5)21(27)17-15-20(26(28)29)19(16-18(17)23)24-12-14-30-31(6,7)22(2,3)4/h15-16,24H,8-14H2,1-7H3. The molecule has 0 unspecified atom stereocenters. The van der Waals surface area contributed by atoms with Crippen molar-refractivity contribution < 1.29 is 18.5 Å². The Kier molecular flexibility index (Phi) is 10.1. The van der Waals surface area contributed by atoms with Gasteiger partial charge in [-0.15, -0.1) is 0 Å². The molecule has 0 saturated carbocycles. The summed E-state index contributed by atoms with van der Waals surface area (Å²) in [5.41, 5.74) is -0.562. The monoisotopic (exact) mass is 455 g/mol. The second-order valence-corrected chi connectivity index (χ2v) is 14.2. The van der Waals surface area contributed by atoms with Crippen LogP contribution in [0.15, 0.2) is 12.1 Å². The van der Waals surface area contributed by atoms with E-state index in [0.29, 0.717) is 19.7 Å². The first-order valence-corrected chi connectivity index (χ1v) is 13.8. The number of nitrogens with zero attached hydrogens (tertiary/aromatic N) is 2. The van der Waals surface area contributed by atoms with E-state index in [2.05, 4.69) is 46.1 Å². The van der Waals surface area contributed by atoms with Gasteiger partial charge in [-0.1, -0.05) is 47.0 Å². The quantitative estimate of drug-likeness (QED) is 0.186. The van der Waals surface area contributed by atoms with Gasteiger partial charge in [0.25, 0.3) is 11.6 Å². The Morgan fingerprint density at radius 2 is 1.90 bits per heavy atom. The van der Waals surface area contributed by atoms with Crippen LogP contribution in [0.5, 0.6) is 0 Å². The van der Waals surface area contributed by atoms with Crippen molar-refractivity contribution in [3.63, 3.8) is 0 Å². The highest BCUT2D eigenvalue weighted by atomic mass is 28.4. The predicted octanol–water partition coefficient (Wildman–Crippen LogP) is 5.82. The Bertz CT molecular complexity index is 766. The van der Waals surface area contributed by atoms with E-state index in [1.165, 1.54) is 4.90 Å². The fourth-order valence-corrected chi connectivity index (χ4v) is 3.86. The van der Waals surface area contributed by atoms with Crippen molar-refractivity contribution >= 4 is 25.6 Å². The molecular formula is C22H38FN3O4Si. The van der Waals surface area contributed by atoms with Gasteiger partial charge in [0.15, 0.2) is 8.32 Å². The highest BCUT2D eigenvalue weighted by Gasteiger charge is 2.36. The summed E-state index contributed by atoms with van der Waals surface area (Å²) in [7, 11) is -0.353. The van der Waals surface area contributed by atoms with Gasteiger partial charge >= 0.3 is 0 Å². The number of halogens is 1. The van der Waals surface area contributed by atoms with Crippen LogP contribution in [0.1, 0.15) is 63.7 Å². The van der Waals surface area contributed by atoms with Gasteiger partial charge in [0.1, 0.15) is 11.5 Å². The molecule has 1 aromatic carbocycles. The molecule has 0 aromatic heterocycles. The molecule has 0 aliphatic carbocycles. The number of unbranched alkanes of at least 4 members (excludes halogenated alkanes) is 3. The lowest BCUT2D eigenvalue weighted by Gasteiger charge is -2.36. The van der Waals surface area contributed by atoms with Crippen molar-refractivity contribution in [3.05, 3.63) is 33.6 Å². The maximum atomic E-state index is 14.7. The number of benzene rings is 1. The smallest absolute Gasteiger partial charge is 0.293 e. The summed E-state index contributed by atoms with van der Waals surface area (Å²) in [5.74, 6) is -1.33. The Morgan fingerprint density at radius 3 is 2.45 bits per heavy atom. The van der Waals surface area contributed by atoms with E-state index in [0.717, 1.165) is 37.8 Å². The Balaban J connectivity index is 2.87. The van der Waals surface area contributed by atoms with Crippen LogP contribution in [-0.2, 0) is 4.43 Å². The zero-order valence-corrected chi connectivity index (χ0v) is 21.0. The molecule has 7 nitrogen and oxygen atoms in total. The number of hydrogen-bond acceptors (Lipinski definition) is 5. The molecule has 1 amide bonds. The number of carbonyl (C=O) groups is 1. The number of nitrogens with one attached hydrogen (secondary N) is 1. The predicted molar refractivity (Wildman–Crippen MR) is 126 cm³/mol. The minimum Gasteiger partial charge on any atom is -0.415 e. The molecule has 0 bridgehead atoms. The molecule has 0 fully saturated rings. The number of hydrogen-bond donors (Lipinski definition) is 1. The van der Waals surface area contributed by atoms with Crippen LogP contribution < -0.4 is 5.32 Å². The summed E-state index contributed by atoms with van der Waals surface area (Å²) < 4.78 is 20.7. The highest BCUT2D eigenvalue weighted by molar-refractivity contribution is 6.74. The van der Waals surface area contributed by atoms with Crippen LogP contribution in [0, 0.1) is 15.9 Å². The van der Waals surface area contributed by atoms with Gasteiger partial charge in [-0.2, -0.15) is 0 Å². The molecule has 0 radical (unpaired) electrons. The molecule has 0 spiro atoms. The van der Waals surface area contributed by atoms with E-state index in [4.69, 9.17) is 4.43 Å². The first-order valence-electron chi connectivity index (χ1n) is 10.9. The van der Waals surface area contributed by atoms with Crippen molar-refractivity contribution in [1.29, 1.82) is 0 Å². The number of carbonyl (C=O) groups excluding carboxylic acids is 1. The van der Waals surface area contributed by atoms with E-state index < -0.39 is 25.0 Å². The average Bonchev–Trinajstić information content (AvgIpc) is 2.66. The molecule has 176 valence electrons. The minimum absolute atomic E-state index is 0.0449. The van der Waals surface area contributed by atoms with E-state index >= 15 is 0 Å². The van der Waals surface area contributed by atoms with Gasteiger partial charge < -0.3 is 14.6 Å². The Morgan fingerprint density at radius 1 is 1.26 bits per heavy atom. The first kappa shape index (κ1) is 27.0. The molecule has 9 heteroatoms. The lowest BCUT2D eigenvalue weighted by atomic mass is 10.1. The summed E-state index contributed by atoms with van der Waals surface area (Å²) in [4.78, 5) is 25.0. The summed E-state index contributed by atoms with van der Waals surface area (Å²) in [5, 5.41) is 14.5. The molecule has 0 saturated heterocycles. The molecule has 0 aliphatic heterocycles. The zero-order chi connectivity index (χ0) is 23.8. The van der Waals surface area contributed by atoms with Gasteiger partial charge in [-0.05, 0) is 24.6 Å². The van der Waals surface area contributed by atoms with E-state index in [-0.39, 0.29) is 22.0 Å². The van der Waals surface area contributed by atoms with Gasteiger partial charge in [-0.25, -0.2) is 4.39 Å². The van der Waals surface area contributed by atoms with E-state index in [1.807, 2.05) is 0 Å². The van der Waals surface area contributed by atoms with Gasteiger partial charge in [0.05, 0.1) is 17.1 Å². The molecule has 31 heavy (non-hydrogen) atoms. The minimum atomic E-state index is -1.94. The number of anilines is 1. The molecule has 1 rings (SSSR count). The average molecular weight is 456 g/mol. The van der Waals surface area contributed by atoms with Crippen LogP contribution in [0.2, 0.25) is 18.1 Å². The van der Waals surface area contributed by atoms with Gasteiger partial charge in [0.2, 0.25) is 0 Å². The largest absolute Gasteiger partial charge is 0.415 e. The fourth-order valence-electron chi connectivity index (χ4n) is 2.81. The molecule has 1 aromatic rings. The summed E-state index contributed by atoms with van der Waals surface area (Å²) in [6.45, 7) is 13.9. The maximum absolute atomic E-state index is 14.7. The number of nitro groups is 1. The highest BCUT2D eigenvalue weighted by Crippen LogP contribution is 2.36. The third-order valence-electron chi connectivity index (χ3n) is 5.89. The van der Waals surface area contributed by atoms with Crippen LogP contribution in [0.25, 0.3) is 0 Å². The van der Waals surface area contributed by atoms with Crippen molar-refractivity contribution in [2.75, 3.05) is 32.1 Å². The van der Waals surface area contributed by atoms with Crippen molar-refractivity contribution in [1.82, 2.24) is 4.90 Å². The van der Waals surface area contributed by atoms with Crippen molar-refractivity contribution in [2.45, 2.75) is 71.5 Å². The second-order valence-electron chi connectivity index (χ2n) is 9.43.